The number of carbonyl (C=O) groups is 1. The Labute approximate surface area is 151 Å². The molecule has 0 bridgehead atoms. The maximum Gasteiger partial charge on any atom is 1.00 e. The number of ketones is 1. The van der Waals surface area contributed by atoms with Crippen LogP contribution in [0.4, 0.5) is 4.39 Å². The molecule has 0 atom stereocenters. The first-order chi connectivity index (χ1) is 8.19. The number of halogens is 1. The minimum atomic E-state index is -0.343. The van der Waals surface area contributed by atoms with Gasteiger partial charge < -0.3 is 4.74 Å². The molecule has 0 amide bonds. The standard InChI is InChI=1S/C14H18FO2.K/c1-3-12(16)9-5-4-7-11-8-6-10-13(17-2)14(11)15;/h6,8,10H,2-5,7,9H2,1H3;/q-1;+1. The minimum absolute atomic E-state index is 0. The molecule has 0 unspecified atom stereocenters. The molecular weight excluding hydrogens is 258 g/mol. The molecule has 0 saturated heterocycles. The molecule has 18 heavy (non-hydrogen) atoms. The van der Waals surface area contributed by atoms with Crippen LogP contribution in [-0.4, -0.2) is 5.78 Å². The van der Waals surface area contributed by atoms with E-state index in [2.05, 4.69) is 11.8 Å². The molecule has 0 heterocycles. The Morgan fingerprint density at radius 1 is 1.39 bits per heavy atom. The molecule has 0 fully saturated rings. The summed E-state index contributed by atoms with van der Waals surface area (Å²) in [5.74, 6) is 0.0942. The minimum Gasteiger partial charge on any atom is -0.663 e. The molecular formula is C14H18FKO2. The van der Waals surface area contributed by atoms with Crippen LogP contribution in [0.25, 0.3) is 0 Å². The first kappa shape index (κ1) is 18.3. The molecule has 2 nitrogen and oxygen atoms in total. The van der Waals surface area contributed by atoms with E-state index in [1.54, 1.807) is 18.2 Å². The van der Waals surface area contributed by atoms with Crippen LogP contribution in [0.2, 0.25) is 0 Å². The van der Waals surface area contributed by atoms with Gasteiger partial charge in [0.15, 0.2) is 5.82 Å². The Morgan fingerprint density at radius 2 is 2.11 bits per heavy atom. The van der Waals surface area contributed by atoms with Crippen molar-refractivity contribution < 1.29 is 65.3 Å². The summed E-state index contributed by atoms with van der Waals surface area (Å²) in [7, 11) is 3.20. The first-order valence-electron chi connectivity index (χ1n) is 5.90. The summed E-state index contributed by atoms with van der Waals surface area (Å²) >= 11 is 0. The van der Waals surface area contributed by atoms with E-state index < -0.39 is 0 Å². The molecule has 0 aliphatic rings. The molecule has 0 aromatic heterocycles. The molecule has 1 aromatic rings. The Hall–Kier alpha value is 0.256. The molecule has 94 valence electrons. The van der Waals surface area contributed by atoms with Crippen LogP contribution < -0.4 is 56.1 Å². The summed E-state index contributed by atoms with van der Waals surface area (Å²) in [6.45, 7) is 1.86. The van der Waals surface area contributed by atoms with E-state index in [9.17, 15) is 9.18 Å². The smallest absolute Gasteiger partial charge is 0.663 e. The summed E-state index contributed by atoms with van der Waals surface area (Å²) < 4.78 is 18.4. The predicted octanol–water partition coefficient (Wildman–Crippen LogP) is 0.692. The van der Waals surface area contributed by atoms with E-state index in [1.807, 2.05) is 6.92 Å². The van der Waals surface area contributed by atoms with E-state index >= 15 is 0 Å². The van der Waals surface area contributed by atoms with E-state index in [0.29, 0.717) is 24.8 Å². The number of hydrogen-bond donors (Lipinski definition) is 0. The molecule has 0 radical (unpaired) electrons. The predicted molar refractivity (Wildman–Crippen MR) is 65.2 cm³/mol. The third-order valence-corrected chi connectivity index (χ3v) is 2.74. The summed E-state index contributed by atoms with van der Waals surface area (Å²) in [6, 6.07) is 5.03. The Balaban J connectivity index is 0.00000289. The van der Waals surface area contributed by atoms with E-state index in [0.717, 1.165) is 12.8 Å². The van der Waals surface area contributed by atoms with E-state index in [-0.39, 0.29) is 68.7 Å². The number of rotatable bonds is 7. The van der Waals surface area contributed by atoms with Crippen molar-refractivity contribution in [3.63, 3.8) is 0 Å². The van der Waals surface area contributed by atoms with Crippen LogP contribution in [0, 0.1) is 12.9 Å². The van der Waals surface area contributed by atoms with E-state index in [1.165, 1.54) is 0 Å². The van der Waals surface area contributed by atoms with Crippen LogP contribution in [0.5, 0.6) is 5.75 Å². The van der Waals surface area contributed by atoms with Crippen molar-refractivity contribution in [1.29, 1.82) is 0 Å². The number of benzene rings is 1. The zero-order chi connectivity index (χ0) is 12.7. The van der Waals surface area contributed by atoms with Crippen molar-refractivity contribution in [3.05, 3.63) is 36.7 Å². The Bertz CT molecular complexity index is 380. The van der Waals surface area contributed by atoms with Gasteiger partial charge >= 0.3 is 51.4 Å². The fourth-order valence-corrected chi connectivity index (χ4v) is 1.68. The Morgan fingerprint density at radius 3 is 2.72 bits per heavy atom. The topological polar surface area (TPSA) is 26.3 Å². The largest absolute Gasteiger partial charge is 1.00 e. The monoisotopic (exact) mass is 276 g/mol. The van der Waals surface area contributed by atoms with Crippen molar-refractivity contribution in [1.82, 2.24) is 0 Å². The van der Waals surface area contributed by atoms with Gasteiger partial charge in [0.25, 0.3) is 0 Å². The average Bonchev–Trinajstić information content (AvgIpc) is 2.36. The summed E-state index contributed by atoms with van der Waals surface area (Å²) in [5, 5.41) is 0. The number of aryl methyl sites for hydroxylation is 1. The third kappa shape index (κ3) is 5.93. The van der Waals surface area contributed by atoms with Gasteiger partial charge in [0, 0.05) is 12.8 Å². The van der Waals surface area contributed by atoms with Gasteiger partial charge in [-0.1, -0.05) is 19.1 Å². The van der Waals surface area contributed by atoms with Gasteiger partial charge in [0.1, 0.15) is 11.5 Å². The molecule has 0 spiro atoms. The summed E-state index contributed by atoms with van der Waals surface area (Å²) in [5.41, 5.74) is 0.620. The second-order valence-corrected chi connectivity index (χ2v) is 3.97. The zero-order valence-corrected chi connectivity index (χ0v) is 14.3. The quantitative estimate of drug-likeness (QED) is 0.416. The molecule has 0 aliphatic carbocycles. The molecule has 1 rings (SSSR count). The van der Waals surface area contributed by atoms with Gasteiger partial charge in [-0.15, -0.1) is 0 Å². The fourth-order valence-electron chi connectivity index (χ4n) is 1.68. The maximum atomic E-state index is 13.7. The molecule has 1 aromatic carbocycles. The van der Waals surface area contributed by atoms with Gasteiger partial charge in [-0.3, -0.25) is 4.79 Å². The van der Waals surface area contributed by atoms with Crippen molar-refractivity contribution >= 4 is 5.78 Å². The fraction of sp³-hybridized carbons (Fsp3) is 0.429. The summed E-state index contributed by atoms with van der Waals surface area (Å²) in [4.78, 5) is 11.1. The third-order valence-electron chi connectivity index (χ3n) is 2.74. The van der Waals surface area contributed by atoms with Crippen molar-refractivity contribution in [2.45, 2.75) is 39.0 Å². The molecule has 0 N–H and O–H groups in total. The van der Waals surface area contributed by atoms with Gasteiger partial charge in [-0.05, 0) is 30.9 Å². The number of unbranched alkanes of at least 4 members (excludes halogenated alkanes) is 1. The molecule has 0 aliphatic heterocycles. The number of ether oxygens (including phenoxy) is 1. The Kier molecular flexibility index (Phi) is 10.2. The van der Waals surface area contributed by atoms with Crippen LogP contribution >= 0.6 is 0 Å². The van der Waals surface area contributed by atoms with Crippen LogP contribution in [0.3, 0.4) is 0 Å². The first-order valence-corrected chi connectivity index (χ1v) is 5.90. The average molecular weight is 276 g/mol. The van der Waals surface area contributed by atoms with Crippen LogP contribution in [0.1, 0.15) is 38.2 Å². The van der Waals surface area contributed by atoms with Crippen molar-refractivity contribution in [3.8, 4) is 5.75 Å². The van der Waals surface area contributed by atoms with Crippen LogP contribution in [0.15, 0.2) is 18.2 Å². The van der Waals surface area contributed by atoms with Gasteiger partial charge in [-0.25, -0.2) is 4.39 Å². The zero-order valence-electron chi connectivity index (χ0n) is 11.2. The van der Waals surface area contributed by atoms with E-state index in [4.69, 9.17) is 0 Å². The number of carbonyl (C=O) groups excluding carboxylic acids is 1. The number of Topliss-reactive ketones (excluding diaryl/α,β-unsaturated/α-hetero) is 1. The summed E-state index contributed by atoms with van der Waals surface area (Å²) in [6.07, 6.45) is 3.41. The van der Waals surface area contributed by atoms with Gasteiger partial charge in [0.2, 0.25) is 0 Å². The normalized spacial score (nSPS) is 9.72. The van der Waals surface area contributed by atoms with Crippen molar-refractivity contribution in [2.24, 2.45) is 0 Å². The number of hydrogen-bond acceptors (Lipinski definition) is 2. The maximum absolute atomic E-state index is 13.7. The molecule has 4 heteroatoms. The van der Waals surface area contributed by atoms with Gasteiger partial charge in [0.05, 0.1) is 0 Å². The SMILES string of the molecule is [CH2-]Oc1cccc(CCCCC(=O)CC)c1F.[K+]. The second-order valence-electron chi connectivity index (χ2n) is 3.97. The van der Waals surface area contributed by atoms with Crippen LogP contribution in [-0.2, 0) is 11.2 Å². The second kappa shape index (κ2) is 10.1. The van der Waals surface area contributed by atoms with Crippen molar-refractivity contribution in [2.75, 3.05) is 0 Å². The molecule has 0 saturated carbocycles. The van der Waals surface area contributed by atoms with Gasteiger partial charge in [-0.2, -0.15) is 7.11 Å².